The third-order valence-corrected chi connectivity index (χ3v) is 7.53. The summed E-state index contributed by atoms with van der Waals surface area (Å²) in [6.07, 6.45) is 2.19. The number of carbonyl (C=O) groups excluding carboxylic acids is 1. The van der Waals surface area contributed by atoms with Crippen LogP contribution in [-0.2, 0) is 13.0 Å². The number of ketones is 1. The van der Waals surface area contributed by atoms with E-state index in [-0.39, 0.29) is 11.7 Å². The number of carbonyl (C=O) groups is 1. The van der Waals surface area contributed by atoms with Crippen LogP contribution in [-0.4, -0.2) is 54.2 Å². The van der Waals surface area contributed by atoms with Crippen LogP contribution < -0.4 is 9.47 Å². The molecule has 1 saturated heterocycles. The van der Waals surface area contributed by atoms with Crippen molar-refractivity contribution in [1.82, 2.24) is 9.47 Å². The van der Waals surface area contributed by atoms with Crippen molar-refractivity contribution < 1.29 is 19.4 Å². The summed E-state index contributed by atoms with van der Waals surface area (Å²) in [5.41, 5.74) is 5.07. The SMILES string of the molecule is COc1ccc(CCn2c(C)cc(C(=O)CN3CCC(C(O)c4ccccc4)CC3)c2C)cc1OC. The standard InChI is InChI=1S/C30H38N2O4/c1-21-18-26(22(2)32(21)17-12-23-10-11-28(35-3)29(19-23)36-4)27(33)20-31-15-13-25(14-16-31)30(34)24-8-6-5-7-9-24/h5-11,18-19,25,30,34H,12-17,20H2,1-4H3. The highest BCUT2D eigenvalue weighted by atomic mass is 16.5. The van der Waals surface area contributed by atoms with E-state index in [1.165, 1.54) is 0 Å². The second-order valence-electron chi connectivity index (χ2n) is 9.77. The molecule has 36 heavy (non-hydrogen) atoms. The number of aliphatic hydroxyl groups excluding tert-OH is 1. The van der Waals surface area contributed by atoms with Crippen molar-refractivity contribution >= 4 is 5.78 Å². The zero-order valence-corrected chi connectivity index (χ0v) is 21.9. The fourth-order valence-corrected chi connectivity index (χ4v) is 5.34. The molecule has 1 aliphatic rings. The number of piperidine rings is 1. The Morgan fingerprint density at radius 2 is 1.69 bits per heavy atom. The van der Waals surface area contributed by atoms with E-state index in [4.69, 9.17) is 9.47 Å². The third-order valence-electron chi connectivity index (χ3n) is 7.53. The van der Waals surface area contributed by atoms with Crippen LogP contribution in [0, 0.1) is 19.8 Å². The second-order valence-corrected chi connectivity index (χ2v) is 9.77. The number of methoxy groups -OCH3 is 2. The van der Waals surface area contributed by atoms with Gasteiger partial charge in [0.15, 0.2) is 17.3 Å². The van der Waals surface area contributed by atoms with Crippen molar-refractivity contribution in [2.45, 2.75) is 45.8 Å². The van der Waals surface area contributed by atoms with E-state index in [9.17, 15) is 9.90 Å². The number of hydrogen-bond donors (Lipinski definition) is 1. The van der Waals surface area contributed by atoms with Gasteiger partial charge in [0.05, 0.1) is 26.9 Å². The maximum Gasteiger partial charge on any atom is 0.178 e. The summed E-state index contributed by atoms with van der Waals surface area (Å²) >= 11 is 0. The van der Waals surface area contributed by atoms with Gasteiger partial charge in [0, 0.05) is 23.5 Å². The molecule has 1 aliphatic heterocycles. The minimum atomic E-state index is -0.436. The van der Waals surface area contributed by atoms with Crippen LogP contribution in [0.4, 0.5) is 0 Å². The maximum atomic E-state index is 13.2. The van der Waals surface area contributed by atoms with Crippen molar-refractivity contribution in [2.75, 3.05) is 33.9 Å². The molecule has 2 aromatic carbocycles. The van der Waals surface area contributed by atoms with Gasteiger partial charge in [-0.15, -0.1) is 0 Å². The number of rotatable bonds is 10. The molecule has 1 atom stereocenters. The number of Topliss-reactive ketones (excluding diaryl/α,β-unsaturated/α-hetero) is 1. The first-order valence-corrected chi connectivity index (χ1v) is 12.8. The number of benzene rings is 2. The summed E-state index contributed by atoms with van der Waals surface area (Å²) < 4.78 is 13.0. The average Bonchev–Trinajstić information content (AvgIpc) is 3.20. The van der Waals surface area contributed by atoms with Crippen LogP contribution in [0.2, 0.25) is 0 Å². The maximum absolute atomic E-state index is 13.2. The lowest BCUT2D eigenvalue weighted by Crippen LogP contribution is -2.38. The van der Waals surface area contributed by atoms with Gasteiger partial charge in [-0.25, -0.2) is 0 Å². The predicted molar refractivity (Wildman–Crippen MR) is 142 cm³/mol. The van der Waals surface area contributed by atoms with E-state index < -0.39 is 6.10 Å². The van der Waals surface area contributed by atoms with Gasteiger partial charge in [-0.2, -0.15) is 0 Å². The summed E-state index contributed by atoms with van der Waals surface area (Å²) in [4.78, 5) is 15.5. The fourth-order valence-electron chi connectivity index (χ4n) is 5.34. The lowest BCUT2D eigenvalue weighted by molar-refractivity contribution is 0.0563. The number of aromatic nitrogens is 1. The molecular weight excluding hydrogens is 452 g/mol. The smallest absolute Gasteiger partial charge is 0.178 e. The van der Waals surface area contributed by atoms with Crippen molar-refractivity contribution in [3.05, 3.63) is 82.7 Å². The van der Waals surface area contributed by atoms with Gasteiger partial charge in [-0.05, 0) is 81.4 Å². The molecule has 0 aliphatic carbocycles. The molecule has 0 radical (unpaired) electrons. The van der Waals surface area contributed by atoms with Crippen molar-refractivity contribution in [2.24, 2.45) is 5.92 Å². The van der Waals surface area contributed by atoms with E-state index in [0.29, 0.717) is 6.54 Å². The van der Waals surface area contributed by atoms with Gasteiger partial charge in [0.25, 0.3) is 0 Å². The largest absolute Gasteiger partial charge is 0.493 e. The predicted octanol–water partition coefficient (Wildman–Crippen LogP) is 4.99. The quantitative estimate of drug-likeness (QED) is 0.406. The van der Waals surface area contributed by atoms with Crippen LogP contribution >= 0.6 is 0 Å². The van der Waals surface area contributed by atoms with Crippen molar-refractivity contribution in [3.8, 4) is 11.5 Å². The lowest BCUT2D eigenvalue weighted by Gasteiger charge is -2.34. The summed E-state index contributed by atoms with van der Waals surface area (Å²) in [6, 6.07) is 17.9. The Morgan fingerprint density at radius 1 is 1.00 bits per heavy atom. The highest BCUT2D eigenvalue weighted by molar-refractivity contribution is 5.99. The van der Waals surface area contributed by atoms with Crippen LogP contribution in [0.3, 0.4) is 0 Å². The minimum Gasteiger partial charge on any atom is -0.493 e. The van der Waals surface area contributed by atoms with Gasteiger partial charge < -0.3 is 19.1 Å². The average molecular weight is 491 g/mol. The number of ether oxygens (including phenoxy) is 2. The van der Waals surface area contributed by atoms with Crippen molar-refractivity contribution in [1.29, 1.82) is 0 Å². The Balaban J connectivity index is 1.34. The molecule has 0 saturated carbocycles. The third kappa shape index (κ3) is 5.82. The summed E-state index contributed by atoms with van der Waals surface area (Å²) in [5.74, 6) is 1.86. The monoisotopic (exact) mass is 490 g/mol. The Bertz CT molecular complexity index is 1160. The molecule has 0 spiro atoms. The first-order chi connectivity index (χ1) is 17.4. The van der Waals surface area contributed by atoms with E-state index in [1.807, 2.05) is 55.5 Å². The molecule has 6 heteroatoms. The Labute approximate surface area is 214 Å². The van der Waals surface area contributed by atoms with E-state index >= 15 is 0 Å². The molecule has 2 heterocycles. The summed E-state index contributed by atoms with van der Waals surface area (Å²) in [7, 11) is 3.28. The second kappa shape index (κ2) is 11.8. The fraction of sp³-hybridized carbons (Fsp3) is 0.433. The zero-order valence-electron chi connectivity index (χ0n) is 21.9. The van der Waals surface area contributed by atoms with Gasteiger partial charge in [-0.3, -0.25) is 9.69 Å². The highest BCUT2D eigenvalue weighted by Gasteiger charge is 2.28. The Kier molecular flexibility index (Phi) is 8.49. The normalized spacial score (nSPS) is 15.6. The van der Waals surface area contributed by atoms with Gasteiger partial charge in [0.1, 0.15) is 0 Å². The van der Waals surface area contributed by atoms with Crippen LogP contribution in [0.15, 0.2) is 54.6 Å². The van der Waals surface area contributed by atoms with Crippen LogP contribution in [0.1, 0.15) is 51.8 Å². The first kappa shape index (κ1) is 26.0. The van der Waals surface area contributed by atoms with Crippen LogP contribution in [0.25, 0.3) is 0 Å². The molecule has 1 N–H and O–H groups in total. The number of aryl methyl sites for hydroxylation is 2. The van der Waals surface area contributed by atoms with Crippen molar-refractivity contribution in [3.63, 3.8) is 0 Å². The highest BCUT2D eigenvalue weighted by Crippen LogP contribution is 2.31. The topological polar surface area (TPSA) is 63.9 Å². The molecule has 192 valence electrons. The summed E-state index contributed by atoms with van der Waals surface area (Å²) in [5, 5.41) is 10.7. The Morgan fingerprint density at radius 3 is 2.36 bits per heavy atom. The number of aliphatic hydroxyl groups is 1. The molecule has 1 unspecified atom stereocenters. The molecule has 0 bridgehead atoms. The molecule has 6 nitrogen and oxygen atoms in total. The van der Waals surface area contributed by atoms with Crippen LogP contribution in [0.5, 0.6) is 11.5 Å². The molecule has 3 aromatic rings. The molecule has 4 rings (SSSR count). The number of hydrogen-bond acceptors (Lipinski definition) is 5. The molecule has 1 fully saturated rings. The van der Waals surface area contributed by atoms with E-state index in [1.54, 1.807) is 14.2 Å². The van der Waals surface area contributed by atoms with E-state index in [2.05, 4.69) is 22.5 Å². The molecule has 1 aromatic heterocycles. The molecule has 0 amide bonds. The summed E-state index contributed by atoms with van der Waals surface area (Å²) in [6.45, 7) is 6.99. The van der Waals surface area contributed by atoms with Gasteiger partial charge in [-0.1, -0.05) is 36.4 Å². The lowest BCUT2D eigenvalue weighted by atomic mass is 9.87. The van der Waals surface area contributed by atoms with Gasteiger partial charge in [0.2, 0.25) is 0 Å². The number of likely N-dealkylation sites (tertiary alicyclic amines) is 1. The zero-order chi connectivity index (χ0) is 25.7. The Hall–Kier alpha value is -3.09. The molecular formula is C30H38N2O4. The van der Waals surface area contributed by atoms with Gasteiger partial charge >= 0.3 is 0 Å². The number of nitrogens with zero attached hydrogens (tertiary/aromatic N) is 2. The van der Waals surface area contributed by atoms with E-state index in [0.717, 1.165) is 78.5 Å². The first-order valence-electron chi connectivity index (χ1n) is 12.8. The minimum absolute atomic E-state index is 0.169.